The van der Waals surface area contributed by atoms with E-state index < -0.39 is 12.9 Å². The standard InChI is InChI=1S/C24H27N7O2S/c1-11-8-15-19-21(34-13(3)28-19)12(2)31(5)20(15)22(27-11)29-17-9-18(30-23(32)14-6-7-14)26-10-16(17)24(33)25-4/h8-10,12,14H,6-7H2,1-5H3,(H,25,33)(H2,26,27,29,30,32)/t12-/m1/s1/i4D3. The van der Waals surface area contributed by atoms with E-state index in [9.17, 15) is 9.59 Å². The molecule has 0 spiro atoms. The zero-order chi connectivity index (χ0) is 26.6. The van der Waals surface area contributed by atoms with E-state index in [1.807, 2.05) is 32.3 Å². The average molecular weight is 481 g/mol. The van der Waals surface area contributed by atoms with Gasteiger partial charge in [-0.25, -0.2) is 15.0 Å². The van der Waals surface area contributed by atoms with Crippen molar-refractivity contribution >= 4 is 46.2 Å². The van der Waals surface area contributed by atoms with E-state index in [1.54, 1.807) is 11.3 Å². The Balaban J connectivity index is 1.60. The Hall–Kier alpha value is -3.53. The molecule has 1 saturated carbocycles. The van der Waals surface area contributed by atoms with E-state index in [0.717, 1.165) is 45.4 Å². The molecule has 0 saturated heterocycles. The summed E-state index contributed by atoms with van der Waals surface area (Å²) < 4.78 is 22.3. The van der Waals surface area contributed by atoms with Gasteiger partial charge in [0.15, 0.2) is 5.82 Å². The van der Waals surface area contributed by atoms with Gasteiger partial charge in [0.25, 0.3) is 5.91 Å². The lowest BCUT2D eigenvalue weighted by molar-refractivity contribution is -0.117. The van der Waals surface area contributed by atoms with Gasteiger partial charge in [-0.2, -0.15) is 0 Å². The number of nitrogens with one attached hydrogen (secondary N) is 3. The Morgan fingerprint density at radius 1 is 1.24 bits per heavy atom. The number of thiazole rings is 1. The van der Waals surface area contributed by atoms with Crippen LogP contribution in [0, 0.1) is 19.8 Å². The van der Waals surface area contributed by atoms with E-state index in [4.69, 9.17) is 14.1 Å². The average Bonchev–Trinajstić information content (AvgIpc) is 3.57. The Morgan fingerprint density at radius 3 is 2.76 bits per heavy atom. The number of carbonyl (C=O) groups is 2. The zero-order valence-electron chi connectivity index (χ0n) is 22.3. The van der Waals surface area contributed by atoms with Gasteiger partial charge in [-0.15, -0.1) is 11.3 Å². The molecule has 0 radical (unpaired) electrons. The van der Waals surface area contributed by atoms with E-state index >= 15 is 0 Å². The molecule has 3 N–H and O–H groups in total. The van der Waals surface area contributed by atoms with Gasteiger partial charge in [0, 0.05) is 47.6 Å². The molecule has 1 aliphatic heterocycles. The maximum absolute atomic E-state index is 12.9. The summed E-state index contributed by atoms with van der Waals surface area (Å²) in [6.07, 6.45) is 2.92. The summed E-state index contributed by atoms with van der Waals surface area (Å²) in [6.45, 7) is 3.27. The third-order valence-corrected chi connectivity index (χ3v) is 7.30. The van der Waals surface area contributed by atoms with Gasteiger partial charge in [0.2, 0.25) is 5.91 Å². The maximum Gasteiger partial charge on any atom is 0.254 e. The van der Waals surface area contributed by atoms with Crippen molar-refractivity contribution in [1.29, 1.82) is 0 Å². The summed E-state index contributed by atoms with van der Waals surface area (Å²) in [5, 5.41) is 9.00. The second-order valence-corrected chi connectivity index (χ2v) is 9.93. The zero-order valence-corrected chi connectivity index (χ0v) is 20.1. The van der Waals surface area contributed by atoms with E-state index in [2.05, 4.69) is 27.4 Å². The van der Waals surface area contributed by atoms with Gasteiger partial charge in [-0.1, -0.05) is 0 Å². The van der Waals surface area contributed by atoms with Gasteiger partial charge in [0.1, 0.15) is 5.82 Å². The molecule has 1 aliphatic carbocycles. The fraction of sp³-hybridized carbons (Fsp3) is 0.375. The summed E-state index contributed by atoms with van der Waals surface area (Å²) >= 11 is 1.66. The molecule has 3 aromatic rings. The Bertz CT molecular complexity index is 1420. The van der Waals surface area contributed by atoms with Crippen molar-refractivity contribution in [2.24, 2.45) is 5.92 Å². The van der Waals surface area contributed by atoms with Crippen molar-refractivity contribution in [2.45, 2.75) is 39.7 Å². The Morgan fingerprint density at radius 2 is 2.03 bits per heavy atom. The molecular formula is C24H27N7O2S. The highest BCUT2D eigenvalue weighted by Gasteiger charge is 2.33. The molecule has 0 aromatic carbocycles. The first-order valence-corrected chi connectivity index (χ1v) is 11.9. The van der Waals surface area contributed by atoms with E-state index in [0.29, 0.717) is 5.82 Å². The molecule has 4 heterocycles. The molecule has 0 unspecified atom stereocenters. The van der Waals surface area contributed by atoms with Crippen LogP contribution in [0.25, 0.3) is 11.3 Å². The van der Waals surface area contributed by atoms with Crippen LogP contribution in [-0.2, 0) is 4.79 Å². The Kier molecular flexibility index (Phi) is 4.63. The summed E-state index contributed by atoms with van der Waals surface area (Å²) in [5.41, 5.74) is 3.65. The first-order chi connectivity index (χ1) is 17.4. The van der Waals surface area contributed by atoms with Crippen LogP contribution in [0.3, 0.4) is 0 Å². The van der Waals surface area contributed by atoms with Gasteiger partial charge < -0.3 is 20.9 Å². The lowest BCUT2D eigenvalue weighted by Gasteiger charge is -2.34. The molecule has 1 fully saturated rings. The summed E-state index contributed by atoms with van der Waals surface area (Å²) in [7, 11) is 1.97. The van der Waals surface area contributed by atoms with Crippen LogP contribution in [0.2, 0.25) is 0 Å². The summed E-state index contributed by atoms with van der Waals surface area (Å²) in [4.78, 5) is 42.2. The fourth-order valence-corrected chi connectivity index (χ4v) is 5.19. The largest absolute Gasteiger partial charge is 0.363 e. The van der Waals surface area contributed by atoms with Crippen LogP contribution in [0.15, 0.2) is 18.3 Å². The summed E-state index contributed by atoms with van der Waals surface area (Å²) in [6, 6.07) is 3.55. The molecule has 0 bridgehead atoms. The van der Waals surface area contributed by atoms with Crippen LogP contribution in [-0.4, -0.2) is 40.8 Å². The first-order valence-electron chi connectivity index (χ1n) is 12.5. The summed E-state index contributed by atoms with van der Waals surface area (Å²) in [5.74, 6) is -0.257. The predicted molar refractivity (Wildman–Crippen MR) is 134 cm³/mol. The number of pyridine rings is 2. The number of rotatable bonds is 5. The number of aryl methyl sites for hydroxylation is 2. The van der Waals surface area contributed by atoms with Crippen molar-refractivity contribution in [1.82, 2.24) is 20.3 Å². The van der Waals surface area contributed by atoms with Crippen molar-refractivity contribution in [3.8, 4) is 11.3 Å². The Labute approximate surface area is 206 Å². The third kappa shape index (κ3) is 3.87. The lowest BCUT2D eigenvalue weighted by atomic mass is 9.99. The molecular weight excluding hydrogens is 450 g/mol. The molecule has 3 aromatic heterocycles. The number of hydrogen-bond donors (Lipinski definition) is 3. The quantitative estimate of drug-likeness (QED) is 0.502. The minimum Gasteiger partial charge on any atom is -0.363 e. The van der Waals surface area contributed by atoms with Crippen LogP contribution in [0.4, 0.5) is 23.0 Å². The lowest BCUT2D eigenvalue weighted by Crippen LogP contribution is -2.27. The van der Waals surface area contributed by atoms with Crippen LogP contribution in [0.1, 0.15) is 55.9 Å². The number of amides is 2. The number of anilines is 4. The molecule has 176 valence electrons. The van der Waals surface area contributed by atoms with Gasteiger partial charge in [-0.3, -0.25) is 9.59 Å². The number of aromatic nitrogens is 3. The molecule has 9 nitrogen and oxygen atoms in total. The number of hydrogen-bond acceptors (Lipinski definition) is 8. The maximum atomic E-state index is 12.9. The topological polar surface area (TPSA) is 112 Å². The molecule has 2 amide bonds. The number of nitrogens with zero attached hydrogens (tertiary/aromatic N) is 4. The van der Waals surface area contributed by atoms with Crippen molar-refractivity contribution in [3.63, 3.8) is 0 Å². The highest BCUT2D eigenvalue weighted by atomic mass is 32.1. The minimum atomic E-state index is -2.68. The normalized spacial score (nSPS) is 18.2. The van der Waals surface area contributed by atoms with Crippen molar-refractivity contribution < 1.29 is 13.7 Å². The SMILES string of the molecule is [2H]C([2H])([2H])NC(=O)c1cnc(NC(=O)C2CC2)cc1Nc1nc(C)cc2c1N(C)[C@H](C)c1sc(C)nc1-2. The third-order valence-electron chi connectivity index (χ3n) is 6.16. The van der Waals surface area contributed by atoms with Crippen LogP contribution < -0.4 is 20.9 Å². The fourth-order valence-electron chi connectivity index (χ4n) is 4.16. The molecule has 10 heteroatoms. The molecule has 34 heavy (non-hydrogen) atoms. The number of fused-ring (bicyclic) bond motifs is 3. The van der Waals surface area contributed by atoms with Crippen molar-refractivity contribution in [2.75, 3.05) is 29.6 Å². The molecule has 1 atom stereocenters. The monoisotopic (exact) mass is 480 g/mol. The van der Waals surface area contributed by atoms with Crippen LogP contribution >= 0.6 is 11.3 Å². The van der Waals surface area contributed by atoms with E-state index in [-0.39, 0.29) is 34.9 Å². The predicted octanol–water partition coefficient (Wildman–Crippen LogP) is 4.18. The highest BCUT2D eigenvalue weighted by Crippen LogP contribution is 2.49. The second kappa shape index (κ2) is 8.35. The minimum absolute atomic E-state index is 0.00862. The van der Waals surface area contributed by atoms with Gasteiger partial charge in [-0.05, 0) is 39.7 Å². The molecule has 5 rings (SSSR count). The smallest absolute Gasteiger partial charge is 0.254 e. The van der Waals surface area contributed by atoms with Crippen LogP contribution in [0.5, 0.6) is 0 Å². The van der Waals surface area contributed by atoms with Gasteiger partial charge in [0.05, 0.1) is 38.6 Å². The number of carbonyl (C=O) groups excluding carboxylic acids is 2. The van der Waals surface area contributed by atoms with E-state index in [1.165, 1.54) is 12.3 Å². The highest BCUT2D eigenvalue weighted by molar-refractivity contribution is 7.12. The molecule has 2 aliphatic rings. The van der Waals surface area contributed by atoms with Crippen molar-refractivity contribution in [3.05, 3.63) is 39.5 Å². The first kappa shape index (κ1) is 18.8. The van der Waals surface area contributed by atoms with Gasteiger partial charge >= 0.3 is 0 Å². The second-order valence-electron chi connectivity index (χ2n) is 8.70.